The van der Waals surface area contributed by atoms with Gasteiger partial charge in [-0.1, -0.05) is 15.9 Å². The summed E-state index contributed by atoms with van der Waals surface area (Å²) in [6.45, 7) is 1.27. The molecular formula is C4H7BrFN. The summed E-state index contributed by atoms with van der Waals surface area (Å²) < 4.78 is 12.2. The van der Waals surface area contributed by atoms with E-state index in [-0.39, 0.29) is 4.83 Å². The predicted molar refractivity (Wildman–Crippen MR) is 30.5 cm³/mol. The fourth-order valence-electron chi connectivity index (χ4n) is 0.615. The summed E-state index contributed by atoms with van der Waals surface area (Å²) in [5, 5.41) is 2.90. The van der Waals surface area contributed by atoms with Crippen LogP contribution in [0.5, 0.6) is 0 Å². The van der Waals surface area contributed by atoms with Crippen LogP contribution in [0.4, 0.5) is 4.39 Å². The van der Waals surface area contributed by atoms with E-state index in [4.69, 9.17) is 0 Å². The molecule has 0 saturated carbocycles. The fourth-order valence-corrected chi connectivity index (χ4v) is 1.03. The smallest absolute Gasteiger partial charge is 0.126 e. The largest absolute Gasteiger partial charge is 0.313 e. The first-order valence-corrected chi connectivity index (χ1v) is 3.21. The van der Waals surface area contributed by atoms with Crippen molar-refractivity contribution in [1.82, 2.24) is 5.32 Å². The molecule has 0 aromatic heterocycles. The molecule has 2 atom stereocenters. The van der Waals surface area contributed by atoms with Crippen molar-refractivity contribution in [1.29, 1.82) is 0 Å². The van der Waals surface area contributed by atoms with E-state index in [0.29, 0.717) is 6.54 Å². The monoisotopic (exact) mass is 167 g/mol. The lowest BCUT2D eigenvalue weighted by molar-refractivity contribution is 0.370. The van der Waals surface area contributed by atoms with Crippen molar-refractivity contribution in [3.8, 4) is 0 Å². The lowest BCUT2D eigenvalue weighted by Gasteiger charge is -1.97. The number of rotatable bonds is 0. The molecule has 0 unspecified atom stereocenters. The van der Waals surface area contributed by atoms with E-state index in [1.807, 2.05) is 0 Å². The van der Waals surface area contributed by atoms with Crippen molar-refractivity contribution in [2.24, 2.45) is 0 Å². The van der Waals surface area contributed by atoms with Crippen LogP contribution in [0.25, 0.3) is 0 Å². The second-order valence-electron chi connectivity index (χ2n) is 1.69. The lowest BCUT2D eigenvalue weighted by atomic mass is 10.3. The van der Waals surface area contributed by atoms with Gasteiger partial charge in [-0.05, 0) is 0 Å². The Morgan fingerprint density at radius 2 is 2.29 bits per heavy atom. The molecule has 1 fully saturated rings. The summed E-state index contributed by atoms with van der Waals surface area (Å²) in [4.78, 5) is 0.0486. The van der Waals surface area contributed by atoms with Gasteiger partial charge in [0, 0.05) is 13.1 Å². The SMILES string of the molecule is F[C@H]1CNC[C@H]1Br. The Hall–Kier alpha value is 0.370. The minimum atomic E-state index is -0.681. The first-order chi connectivity index (χ1) is 3.30. The standard InChI is InChI=1S/C4H7BrFN/c5-3-1-7-2-4(3)6/h3-4,7H,1-2H2/t3-,4+/m1/s1. The molecule has 1 nitrogen and oxygen atoms in total. The Morgan fingerprint density at radius 1 is 1.57 bits per heavy atom. The predicted octanol–water partition coefficient (Wildman–Crippen LogP) is 0.691. The Labute approximate surface area is 50.4 Å². The van der Waals surface area contributed by atoms with Crippen LogP contribution in [0.15, 0.2) is 0 Å². The highest BCUT2D eigenvalue weighted by Gasteiger charge is 2.22. The minimum absolute atomic E-state index is 0.0486. The van der Waals surface area contributed by atoms with Crippen LogP contribution in [-0.4, -0.2) is 24.1 Å². The lowest BCUT2D eigenvalue weighted by Crippen LogP contribution is -2.10. The molecule has 0 aromatic carbocycles. The van der Waals surface area contributed by atoms with E-state index in [2.05, 4.69) is 21.2 Å². The molecule has 0 amide bonds. The highest BCUT2D eigenvalue weighted by molar-refractivity contribution is 9.09. The van der Waals surface area contributed by atoms with E-state index < -0.39 is 6.17 Å². The fraction of sp³-hybridized carbons (Fsp3) is 1.00. The van der Waals surface area contributed by atoms with Crippen molar-refractivity contribution in [2.75, 3.05) is 13.1 Å². The first-order valence-electron chi connectivity index (χ1n) is 2.29. The van der Waals surface area contributed by atoms with Gasteiger partial charge < -0.3 is 5.32 Å². The average molecular weight is 168 g/mol. The molecule has 0 aromatic rings. The maximum absolute atomic E-state index is 12.2. The molecule has 0 aliphatic carbocycles. The zero-order valence-electron chi connectivity index (χ0n) is 3.82. The van der Waals surface area contributed by atoms with Crippen molar-refractivity contribution in [3.63, 3.8) is 0 Å². The molecule has 42 valence electrons. The number of hydrogen-bond donors (Lipinski definition) is 1. The Balaban J connectivity index is 2.33. The molecule has 1 aliphatic rings. The molecule has 1 aliphatic heterocycles. The molecule has 7 heavy (non-hydrogen) atoms. The summed E-state index contributed by atoms with van der Waals surface area (Å²) in [6.07, 6.45) is -0.681. The molecule has 1 N–H and O–H groups in total. The molecular weight excluding hydrogens is 161 g/mol. The molecule has 1 rings (SSSR count). The third-order valence-corrected chi connectivity index (χ3v) is 1.97. The van der Waals surface area contributed by atoms with Gasteiger partial charge in [-0.2, -0.15) is 0 Å². The summed E-state index contributed by atoms with van der Waals surface area (Å²) in [5.74, 6) is 0. The number of nitrogens with one attached hydrogen (secondary N) is 1. The molecule has 1 saturated heterocycles. The molecule has 0 radical (unpaired) electrons. The summed E-state index contributed by atoms with van der Waals surface area (Å²) in [5.41, 5.74) is 0. The third kappa shape index (κ3) is 1.13. The van der Waals surface area contributed by atoms with Crippen LogP contribution >= 0.6 is 15.9 Å². The number of hydrogen-bond acceptors (Lipinski definition) is 1. The number of halogens is 2. The first kappa shape index (κ1) is 5.51. The van der Waals surface area contributed by atoms with Crippen LogP contribution in [0.1, 0.15) is 0 Å². The van der Waals surface area contributed by atoms with Crippen LogP contribution in [-0.2, 0) is 0 Å². The van der Waals surface area contributed by atoms with Gasteiger partial charge in [0.25, 0.3) is 0 Å². The van der Waals surface area contributed by atoms with Gasteiger partial charge in [0.1, 0.15) is 6.17 Å². The van der Waals surface area contributed by atoms with Crippen molar-refractivity contribution >= 4 is 15.9 Å². The second kappa shape index (κ2) is 2.09. The third-order valence-electron chi connectivity index (χ3n) is 1.07. The maximum atomic E-state index is 12.2. The summed E-state index contributed by atoms with van der Waals surface area (Å²) in [6, 6.07) is 0. The highest BCUT2D eigenvalue weighted by Crippen LogP contribution is 2.12. The van der Waals surface area contributed by atoms with E-state index in [1.54, 1.807) is 0 Å². The maximum Gasteiger partial charge on any atom is 0.126 e. The normalized spacial score (nSPS) is 42.0. The number of alkyl halides is 2. The van der Waals surface area contributed by atoms with Gasteiger partial charge in [0.2, 0.25) is 0 Å². The van der Waals surface area contributed by atoms with Gasteiger partial charge in [0.15, 0.2) is 0 Å². The quantitative estimate of drug-likeness (QED) is 0.524. The molecule has 0 spiro atoms. The van der Waals surface area contributed by atoms with Crippen molar-refractivity contribution in [3.05, 3.63) is 0 Å². The zero-order valence-corrected chi connectivity index (χ0v) is 5.41. The van der Waals surface area contributed by atoms with Crippen molar-refractivity contribution in [2.45, 2.75) is 11.0 Å². The summed E-state index contributed by atoms with van der Waals surface area (Å²) in [7, 11) is 0. The highest BCUT2D eigenvalue weighted by atomic mass is 79.9. The molecule has 3 heteroatoms. The summed E-state index contributed by atoms with van der Waals surface area (Å²) >= 11 is 3.17. The minimum Gasteiger partial charge on any atom is -0.313 e. The van der Waals surface area contributed by atoms with Crippen LogP contribution in [0.3, 0.4) is 0 Å². The van der Waals surface area contributed by atoms with Crippen LogP contribution in [0, 0.1) is 0 Å². The van der Waals surface area contributed by atoms with Gasteiger partial charge in [-0.25, -0.2) is 4.39 Å². The van der Waals surface area contributed by atoms with Crippen LogP contribution in [0.2, 0.25) is 0 Å². The van der Waals surface area contributed by atoms with Gasteiger partial charge in [0.05, 0.1) is 4.83 Å². The average Bonchev–Trinajstić information content (AvgIpc) is 1.91. The molecule has 0 bridgehead atoms. The molecule has 1 heterocycles. The second-order valence-corrected chi connectivity index (χ2v) is 2.87. The zero-order chi connectivity index (χ0) is 5.28. The topological polar surface area (TPSA) is 12.0 Å². The van der Waals surface area contributed by atoms with E-state index >= 15 is 0 Å². The van der Waals surface area contributed by atoms with Crippen molar-refractivity contribution < 1.29 is 4.39 Å². The van der Waals surface area contributed by atoms with E-state index in [1.165, 1.54) is 0 Å². The van der Waals surface area contributed by atoms with E-state index in [9.17, 15) is 4.39 Å². The van der Waals surface area contributed by atoms with Gasteiger partial charge in [-0.3, -0.25) is 0 Å². The Kier molecular flexibility index (Phi) is 1.65. The van der Waals surface area contributed by atoms with Crippen LogP contribution < -0.4 is 5.32 Å². The Bertz CT molecular complexity index is 60.7. The van der Waals surface area contributed by atoms with Gasteiger partial charge >= 0.3 is 0 Å². The van der Waals surface area contributed by atoms with Gasteiger partial charge in [-0.15, -0.1) is 0 Å². The Morgan fingerprint density at radius 3 is 2.43 bits per heavy atom. The van der Waals surface area contributed by atoms with E-state index in [0.717, 1.165) is 6.54 Å².